The van der Waals surface area contributed by atoms with Gasteiger partial charge in [-0.2, -0.15) is 0 Å². The monoisotopic (exact) mass is 360 g/mol. The highest BCUT2D eigenvalue weighted by molar-refractivity contribution is 7.98. The van der Waals surface area contributed by atoms with Gasteiger partial charge in [0, 0.05) is 22.2 Å². The van der Waals surface area contributed by atoms with Gasteiger partial charge in [-0.1, -0.05) is 18.2 Å². The number of nitro groups is 1. The van der Waals surface area contributed by atoms with Gasteiger partial charge in [-0.15, -0.1) is 11.8 Å². The molecule has 0 aliphatic rings. The topological polar surface area (TPSA) is 98.5 Å². The van der Waals surface area contributed by atoms with Gasteiger partial charge in [0.05, 0.1) is 11.3 Å². The van der Waals surface area contributed by atoms with Gasteiger partial charge in [-0.25, -0.2) is 0 Å². The van der Waals surface area contributed by atoms with Crippen LogP contribution in [0.1, 0.15) is 5.56 Å². The number of nitro benzene ring substituents is 1. The molecule has 0 radical (unpaired) electrons. The number of thioether (sulfide) groups is 1. The normalized spacial score (nSPS) is 10.1. The molecule has 0 aliphatic heterocycles. The third kappa shape index (κ3) is 5.61. The summed E-state index contributed by atoms with van der Waals surface area (Å²) in [6, 6.07) is 13.1. The number of rotatable bonds is 7. The summed E-state index contributed by atoms with van der Waals surface area (Å²) in [5, 5.41) is 13.5. The number of hydrogen-bond donors (Lipinski definition) is 1. The van der Waals surface area contributed by atoms with E-state index in [1.807, 2.05) is 18.4 Å². The van der Waals surface area contributed by atoms with Crippen molar-refractivity contribution >= 4 is 35.0 Å². The molecule has 25 heavy (non-hydrogen) atoms. The van der Waals surface area contributed by atoms with Gasteiger partial charge < -0.3 is 10.1 Å². The van der Waals surface area contributed by atoms with E-state index in [1.165, 1.54) is 18.2 Å². The number of ether oxygens (including phenoxy) is 1. The van der Waals surface area contributed by atoms with Crippen molar-refractivity contribution in [1.82, 2.24) is 0 Å². The van der Waals surface area contributed by atoms with Crippen LogP contribution in [-0.4, -0.2) is 29.7 Å². The van der Waals surface area contributed by atoms with Crippen LogP contribution in [-0.2, 0) is 20.7 Å². The second kappa shape index (κ2) is 8.84. The molecule has 0 fully saturated rings. The van der Waals surface area contributed by atoms with Crippen molar-refractivity contribution in [1.29, 1.82) is 0 Å². The Morgan fingerprint density at radius 1 is 1.16 bits per heavy atom. The van der Waals surface area contributed by atoms with Gasteiger partial charge in [0.25, 0.3) is 11.6 Å². The van der Waals surface area contributed by atoms with Crippen LogP contribution in [0.25, 0.3) is 0 Å². The van der Waals surface area contributed by atoms with E-state index in [0.717, 1.165) is 4.90 Å². The van der Waals surface area contributed by atoms with E-state index < -0.39 is 23.4 Å². The number of anilines is 1. The summed E-state index contributed by atoms with van der Waals surface area (Å²) in [4.78, 5) is 35.0. The number of hydrogen-bond acceptors (Lipinski definition) is 6. The Balaban J connectivity index is 1.85. The SMILES string of the molecule is CSc1ccc(NC(=O)COC(=O)Cc2ccccc2[N+](=O)[O-])cc1. The molecule has 8 heteroatoms. The van der Waals surface area contributed by atoms with Crippen LogP contribution in [0.4, 0.5) is 11.4 Å². The Morgan fingerprint density at radius 2 is 1.84 bits per heavy atom. The van der Waals surface area contributed by atoms with Gasteiger partial charge in [0.2, 0.25) is 0 Å². The average Bonchev–Trinajstić information content (AvgIpc) is 2.61. The highest BCUT2D eigenvalue weighted by Gasteiger charge is 2.17. The van der Waals surface area contributed by atoms with Crippen molar-refractivity contribution in [3.05, 3.63) is 64.2 Å². The van der Waals surface area contributed by atoms with Crippen molar-refractivity contribution in [2.24, 2.45) is 0 Å². The first-order valence-corrected chi connectivity index (χ1v) is 8.54. The lowest BCUT2D eigenvalue weighted by Gasteiger charge is -2.07. The van der Waals surface area contributed by atoms with Crippen LogP contribution >= 0.6 is 11.8 Å². The maximum absolute atomic E-state index is 11.8. The van der Waals surface area contributed by atoms with Crippen LogP contribution < -0.4 is 5.32 Å². The zero-order valence-electron chi connectivity index (χ0n) is 13.4. The first kappa shape index (κ1) is 18.5. The largest absolute Gasteiger partial charge is 0.455 e. The number of carbonyl (C=O) groups is 2. The molecule has 0 saturated heterocycles. The molecule has 2 aromatic carbocycles. The Bertz CT molecular complexity index is 777. The zero-order valence-corrected chi connectivity index (χ0v) is 14.2. The minimum Gasteiger partial charge on any atom is -0.455 e. The fourth-order valence-corrected chi connectivity index (χ4v) is 2.47. The highest BCUT2D eigenvalue weighted by atomic mass is 32.2. The number of nitrogens with one attached hydrogen (secondary N) is 1. The van der Waals surface area contributed by atoms with Crippen molar-refractivity contribution in [2.45, 2.75) is 11.3 Å². The minimum atomic E-state index is -0.706. The third-order valence-electron chi connectivity index (χ3n) is 3.26. The molecule has 1 N–H and O–H groups in total. The van der Waals surface area contributed by atoms with Crippen LogP contribution in [0.15, 0.2) is 53.4 Å². The van der Waals surface area contributed by atoms with E-state index in [9.17, 15) is 19.7 Å². The van der Waals surface area contributed by atoms with Crippen molar-refractivity contribution in [2.75, 3.05) is 18.2 Å². The van der Waals surface area contributed by atoms with Crippen LogP contribution in [0, 0.1) is 10.1 Å². The molecular formula is C17H16N2O5S. The van der Waals surface area contributed by atoms with E-state index >= 15 is 0 Å². The van der Waals surface area contributed by atoms with Crippen LogP contribution in [0.5, 0.6) is 0 Å². The molecule has 0 bridgehead atoms. The fourth-order valence-electron chi connectivity index (χ4n) is 2.06. The van der Waals surface area contributed by atoms with Gasteiger partial charge in [0.15, 0.2) is 6.61 Å². The predicted molar refractivity (Wildman–Crippen MR) is 94.6 cm³/mol. The molecule has 0 aromatic heterocycles. The number of para-hydroxylation sites is 1. The fraction of sp³-hybridized carbons (Fsp3) is 0.176. The lowest BCUT2D eigenvalue weighted by molar-refractivity contribution is -0.385. The van der Waals surface area contributed by atoms with Gasteiger partial charge >= 0.3 is 5.97 Å². The lowest BCUT2D eigenvalue weighted by atomic mass is 10.1. The Labute approximate surface area is 148 Å². The Morgan fingerprint density at radius 3 is 2.48 bits per heavy atom. The lowest BCUT2D eigenvalue weighted by Crippen LogP contribution is -2.21. The van der Waals surface area contributed by atoms with Gasteiger partial charge in [-0.05, 0) is 30.5 Å². The molecule has 0 unspecified atom stereocenters. The summed E-state index contributed by atoms with van der Waals surface area (Å²) in [5.74, 6) is -1.19. The second-order valence-electron chi connectivity index (χ2n) is 5.00. The molecule has 7 nitrogen and oxygen atoms in total. The summed E-state index contributed by atoms with van der Waals surface area (Å²) in [6.07, 6.45) is 1.68. The van der Waals surface area contributed by atoms with Crippen molar-refractivity contribution in [3.8, 4) is 0 Å². The van der Waals surface area contributed by atoms with Crippen molar-refractivity contribution < 1.29 is 19.2 Å². The first-order chi connectivity index (χ1) is 12.0. The molecular weight excluding hydrogens is 344 g/mol. The molecule has 1 amide bonds. The average molecular weight is 360 g/mol. The molecule has 2 rings (SSSR count). The molecule has 0 aliphatic carbocycles. The quantitative estimate of drug-likeness (QED) is 0.353. The summed E-state index contributed by atoms with van der Waals surface area (Å²) >= 11 is 1.58. The molecule has 0 saturated carbocycles. The Hall–Kier alpha value is -2.87. The van der Waals surface area contributed by atoms with E-state index in [2.05, 4.69) is 5.32 Å². The maximum Gasteiger partial charge on any atom is 0.311 e. The van der Waals surface area contributed by atoms with Crippen molar-refractivity contribution in [3.63, 3.8) is 0 Å². The molecule has 0 spiro atoms. The Kier molecular flexibility index (Phi) is 6.53. The molecule has 0 atom stereocenters. The summed E-state index contributed by atoms with van der Waals surface area (Å²) in [6.45, 7) is -0.455. The highest BCUT2D eigenvalue weighted by Crippen LogP contribution is 2.19. The summed E-state index contributed by atoms with van der Waals surface area (Å²) in [7, 11) is 0. The first-order valence-electron chi connectivity index (χ1n) is 7.31. The smallest absolute Gasteiger partial charge is 0.311 e. The molecule has 2 aromatic rings. The third-order valence-corrected chi connectivity index (χ3v) is 4.00. The van der Waals surface area contributed by atoms with E-state index in [1.54, 1.807) is 30.0 Å². The number of benzene rings is 2. The predicted octanol–water partition coefficient (Wildman–Crippen LogP) is 3.04. The zero-order chi connectivity index (χ0) is 18.2. The molecule has 130 valence electrons. The summed E-state index contributed by atoms with van der Waals surface area (Å²) < 4.78 is 4.88. The van der Waals surface area contributed by atoms with E-state index in [0.29, 0.717) is 5.69 Å². The molecule has 0 heterocycles. The number of amides is 1. The number of nitrogens with zero attached hydrogens (tertiary/aromatic N) is 1. The maximum atomic E-state index is 11.8. The minimum absolute atomic E-state index is 0.155. The number of esters is 1. The van der Waals surface area contributed by atoms with Crippen LogP contribution in [0.3, 0.4) is 0 Å². The standard InChI is InChI=1S/C17H16N2O5S/c1-25-14-8-6-13(7-9-14)18-16(20)11-24-17(21)10-12-4-2-3-5-15(12)19(22)23/h2-9H,10-11H2,1H3,(H,18,20). The van der Waals surface area contributed by atoms with E-state index in [-0.39, 0.29) is 17.7 Å². The van der Waals surface area contributed by atoms with Gasteiger partial charge in [0.1, 0.15) is 0 Å². The second-order valence-corrected chi connectivity index (χ2v) is 5.88. The van der Waals surface area contributed by atoms with E-state index in [4.69, 9.17) is 4.74 Å². The van der Waals surface area contributed by atoms with Gasteiger partial charge in [-0.3, -0.25) is 19.7 Å². The van der Waals surface area contributed by atoms with Crippen LogP contribution in [0.2, 0.25) is 0 Å². The summed E-state index contributed by atoms with van der Waals surface area (Å²) in [5.41, 5.74) is 0.681. The number of carbonyl (C=O) groups excluding carboxylic acids is 2.